The molecule has 21 heavy (non-hydrogen) atoms. The Morgan fingerprint density at radius 3 is 2.62 bits per heavy atom. The van der Waals surface area contributed by atoms with E-state index in [9.17, 15) is 4.79 Å². The van der Waals surface area contributed by atoms with Crippen LogP contribution in [0, 0.1) is 5.92 Å². The Morgan fingerprint density at radius 1 is 1.33 bits per heavy atom. The summed E-state index contributed by atoms with van der Waals surface area (Å²) in [4.78, 5) is 14.1. The molecule has 1 aromatic rings. The normalized spacial score (nSPS) is 16.6. The van der Waals surface area contributed by atoms with E-state index in [1.807, 2.05) is 35.2 Å². The van der Waals surface area contributed by atoms with Crippen LogP contribution in [0.15, 0.2) is 30.3 Å². The quantitative estimate of drug-likeness (QED) is 0.847. The molecule has 1 aromatic carbocycles. The van der Waals surface area contributed by atoms with Crippen molar-refractivity contribution in [3.05, 3.63) is 40.9 Å². The SMILES string of the molecule is CCNCC1CCN(C(=O)/C=C/c2ccc(Cl)cc2)CC1. The van der Waals surface area contributed by atoms with Crippen molar-refractivity contribution in [2.45, 2.75) is 19.8 Å². The van der Waals surface area contributed by atoms with E-state index < -0.39 is 0 Å². The van der Waals surface area contributed by atoms with Crippen molar-refractivity contribution >= 4 is 23.6 Å². The lowest BCUT2D eigenvalue weighted by atomic mass is 9.96. The Labute approximate surface area is 132 Å². The maximum atomic E-state index is 12.2. The molecular weight excluding hydrogens is 284 g/mol. The summed E-state index contributed by atoms with van der Waals surface area (Å²) >= 11 is 5.84. The van der Waals surface area contributed by atoms with Crippen molar-refractivity contribution in [1.29, 1.82) is 0 Å². The molecule has 1 heterocycles. The molecule has 0 aliphatic carbocycles. The fraction of sp³-hybridized carbons (Fsp3) is 0.471. The molecule has 114 valence electrons. The summed E-state index contributed by atoms with van der Waals surface area (Å²) < 4.78 is 0. The maximum absolute atomic E-state index is 12.2. The standard InChI is InChI=1S/C17H23ClN2O/c1-2-19-13-15-9-11-20(12-10-15)17(21)8-5-14-3-6-16(18)7-4-14/h3-8,15,19H,2,9-13H2,1H3/b8-5+. The summed E-state index contributed by atoms with van der Waals surface area (Å²) in [5.41, 5.74) is 0.995. The molecule has 1 fully saturated rings. The van der Waals surface area contributed by atoms with Gasteiger partial charge in [-0.3, -0.25) is 4.79 Å². The fourth-order valence-electron chi connectivity index (χ4n) is 2.55. The predicted octanol–water partition coefficient (Wildman–Crippen LogP) is 3.20. The highest BCUT2D eigenvalue weighted by atomic mass is 35.5. The van der Waals surface area contributed by atoms with E-state index in [0.29, 0.717) is 10.9 Å². The summed E-state index contributed by atoms with van der Waals surface area (Å²) in [7, 11) is 0. The fourth-order valence-corrected chi connectivity index (χ4v) is 2.68. The smallest absolute Gasteiger partial charge is 0.246 e. The van der Waals surface area contributed by atoms with Crippen LogP contribution in [0.25, 0.3) is 6.08 Å². The van der Waals surface area contributed by atoms with Crippen molar-refractivity contribution in [3.8, 4) is 0 Å². The van der Waals surface area contributed by atoms with Crippen LogP contribution >= 0.6 is 11.6 Å². The van der Waals surface area contributed by atoms with Crippen molar-refractivity contribution in [1.82, 2.24) is 10.2 Å². The summed E-state index contributed by atoms with van der Waals surface area (Å²) in [6.45, 7) is 5.93. The zero-order valence-electron chi connectivity index (χ0n) is 12.5. The topological polar surface area (TPSA) is 32.3 Å². The third-order valence-electron chi connectivity index (χ3n) is 3.90. The number of rotatable bonds is 5. The first-order chi connectivity index (χ1) is 10.2. The second-order valence-electron chi connectivity index (χ2n) is 5.46. The lowest BCUT2D eigenvalue weighted by Gasteiger charge is -2.31. The van der Waals surface area contributed by atoms with Gasteiger partial charge in [0.25, 0.3) is 0 Å². The van der Waals surface area contributed by atoms with Crippen molar-refractivity contribution in [3.63, 3.8) is 0 Å². The number of carbonyl (C=O) groups is 1. The third kappa shape index (κ3) is 5.18. The monoisotopic (exact) mass is 306 g/mol. The molecule has 0 saturated carbocycles. The molecule has 1 aliphatic rings. The van der Waals surface area contributed by atoms with Crippen LogP contribution in [0.3, 0.4) is 0 Å². The molecule has 0 spiro atoms. The van der Waals surface area contributed by atoms with Crippen molar-refractivity contribution in [2.24, 2.45) is 5.92 Å². The molecule has 1 aliphatic heterocycles. The highest BCUT2D eigenvalue weighted by Gasteiger charge is 2.20. The second-order valence-corrected chi connectivity index (χ2v) is 5.90. The Morgan fingerprint density at radius 2 is 2.00 bits per heavy atom. The lowest BCUT2D eigenvalue weighted by Crippen LogP contribution is -2.40. The molecule has 0 atom stereocenters. The molecule has 2 rings (SSSR count). The summed E-state index contributed by atoms with van der Waals surface area (Å²) in [5.74, 6) is 0.807. The predicted molar refractivity (Wildman–Crippen MR) is 88.3 cm³/mol. The van der Waals surface area contributed by atoms with Crippen molar-refractivity contribution < 1.29 is 4.79 Å². The van der Waals surface area contributed by atoms with Crippen LogP contribution in [-0.2, 0) is 4.79 Å². The minimum absolute atomic E-state index is 0.104. The Hall–Kier alpha value is -1.32. The number of likely N-dealkylation sites (tertiary alicyclic amines) is 1. The molecule has 4 heteroatoms. The van der Waals surface area contributed by atoms with Gasteiger partial charge in [-0.15, -0.1) is 0 Å². The number of halogens is 1. The molecule has 1 amide bonds. The van der Waals surface area contributed by atoms with Gasteiger partial charge < -0.3 is 10.2 Å². The number of hydrogen-bond donors (Lipinski definition) is 1. The van der Waals surface area contributed by atoms with Gasteiger partial charge in [-0.2, -0.15) is 0 Å². The van der Waals surface area contributed by atoms with E-state index in [0.717, 1.165) is 44.6 Å². The van der Waals surface area contributed by atoms with E-state index in [1.165, 1.54) is 0 Å². The Kier molecular flexibility index (Phi) is 6.27. The molecule has 0 aromatic heterocycles. The van der Waals surface area contributed by atoms with E-state index in [2.05, 4.69) is 12.2 Å². The number of piperidine rings is 1. The van der Waals surface area contributed by atoms with Gasteiger partial charge in [-0.05, 0) is 55.6 Å². The molecule has 1 saturated heterocycles. The lowest BCUT2D eigenvalue weighted by molar-refractivity contribution is -0.127. The van der Waals surface area contributed by atoms with Crippen LogP contribution in [-0.4, -0.2) is 37.0 Å². The number of carbonyl (C=O) groups excluding carboxylic acids is 1. The van der Waals surface area contributed by atoms with Gasteiger partial charge in [-0.1, -0.05) is 30.7 Å². The highest BCUT2D eigenvalue weighted by Crippen LogP contribution is 2.17. The maximum Gasteiger partial charge on any atom is 0.246 e. The number of benzene rings is 1. The first kappa shape index (κ1) is 16.1. The first-order valence-corrected chi connectivity index (χ1v) is 8.00. The van der Waals surface area contributed by atoms with Crippen LogP contribution in [0.5, 0.6) is 0 Å². The van der Waals surface area contributed by atoms with E-state index in [4.69, 9.17) is 11.6 Å². The van der Waals surface area contributed by atoms with Crippen LogP contribution in [0.1, 0.15) is 25.3 Å². The Bertz CT molecular complexity index is 476. The minimum atomic E-state index is 0.104. The molecule has 3 nitrogen and oxygen atoms in total. The van der Waals surface area contributed by atoms with Gasteiger partial charge >= 0.3 is 0 Å². The van der Waals surface area contributed by atoms with Crippen LogP contribution < -0.4 is 5.32 Å². The molecule has 1 N–H and O–H groups in total. The number of hydrogen-bond acceptors (Lipinski definition) is 2. The zero-order chi connectivity index (χ0) is 15.1. The number of nitrogens with zero attached hydrogens (tertiary/aromatic N) is 1. The average Bonchev–Trinajstić information content (AvgIpc) is 2.52. The van der Waals surface area contributed by atoms with Gasteiger partial charge in [0.1, 0.15) is 0 Å². The Balaban J connectivity index is 1.80. The minimum Gasteiger partial charge on any atom is -0.339 e. The third-order valence-corrected chi connectivity index (χ3v) is 4.15. The van der Waals surface area contributed by atoms with Gasteiger partial charge in [0, 0.05) is 24.2 Å². The average molecular weight is 307 g/mol. The van der Waals surface area contributed by atoms with Crippen LogP contribution in [0.4, 0.5) is 0 Å². The van der Waals surface area contributed by atoms with Gasteiger partial charge in [0.05, 0.1) is 0 Å². The zero-order valence-corrected chi connectivity index (χ0v) is 13.3. The highest BCUT2D eigenvalue weighted by molar-refractivity contribution is 6.30. The molecular formula is C17H23ClN2O. The van der Waals surface area contributed by atoms with Crippen LogP contribution in [0.2, 0.25) is 5.02 Å². The first-order valence-electron chi connectivity index (χ1n) is 7.62. The van der Waals surface area contributed by atoms with Crippen molar-refractivity contribution in [2.75, 3.05) is 26.2 Å². The molecule has 0 bridgehead atoms. The molecule has 0 radical (unpaired) electrons. The van der Waals surface area contributed by atoms with Gasteiger partial charge in [-0.25, -0.2) is 0 Å². The van der Waals surface area contributed by atoms with E-state index in [-0.39, 0.29) is 5.91 Å². The molecule has 0 unspecified atom stereocenters. The summed E-state index contributed by atoms with van der Waals surface area (Å²) in [5, 5.41) is 4.09. The second kappa shape index (κ2) is 8.20. The van der Waals surface area contributed by atoms with Gasteiger partial charge in [0.2, 0.25) is 5.91 Å². The summed E-state index contributed by atoms with van der Waals surface area (Å²) in [6.07, 6.45) is 5.69. The van der Waals surface area contributed by atoms with Gasteiger partial charge in [0.15, 0.2) is 0 Å². The number of nitrogens with one attached hydrogen (secondary N) is 1. The largest absolute Gasteiger partial charge is 0.339 e. The van der Waals surface area contributed by atoms with E-state index >= 15 is 0 Å². The number of amides is 1. The van der Waals surface area contributed by atoms with E-state index in [1.54, 1.807) is 6.08 Å². The summed E-state index contributed by atoms with van der Waals surface area (Å²) in [6, 6.07) is 7.49.